The van der Waals surface area contributed by atoms with E-state index in [1.165, 1.54) is 25.5 Å². The van der Waals surface area contributed by atoms with E-state index >= 15 is 0 Å². The highest BCUT2D eigenvalue weighted by atomic mass is 16.2. The monoisotopic (exact) mass is 220 g/mol. The molecule has 0 atom stereocenters. The summed E-state index contributed by atoms with van der Waals surface area (Å²) in [6.45, 7) is 5.35. The molecule has 1 N–H and O–H groups in total. The van der Waals surface area contributed by atoms with Crippen LogP contribution in [0.2, 0.25) is 0 Å². The Morgan fingerprint density at radius 2 is 2.06 bits per heavy atom. The van der Waals surface area contributed by atoms with Gasteiger partial charge in [-0.2, -0.15) is 0 Å². The van der Waals surface area contributed by atoms with Crippen LogP contribution in [0, 0.1) is 0 Å². The lowest BCUT2D eigenvalue weighted by Gasteiger charge is -2.22. The lowest BCUT2D eigenvalue weighted by Crippen LogP contribution is -2.36. The van der Waals surface area contributed by atoms with Gasteiger partial charge in [0.2, 0.25) is 0 Å². The van der Waals surface area contributed by atoms with Crippen LogP contribution < -0.4 is 5.32 Å². The minimum absolute atomic E-state index is 0.0764. The minimum atomic E-state index is -0.0764. The Kier molecular flexibility index (Phi) is 5.54. The first-order chi connectivity index (χ1) is 7.77. The Labute approximate surface area is 97.3 Å². The van der Waals surface area contributed by atoms with E-state index in [-0.39, 0.29) is 5.91 Å². The van der Waals surface area contributed by atoms with Crippen molar-refractivity contribution in [1.29, 1.82) is 0 Å². The zero-order chi connectivity index (χ0) is 11.8. The maximum Gasteiger partial charge on any atom is 0.269 e. The summed E-state index contributed by atoms with van der Waals surface area (Å²) in [5.74, 6) is -0.0764. The zero-order valence-electron chi connectivity index (χ0n) is 9.91. The summed E-state index contributed by atoms with van der Waals surface area (Å²) in [5.41, 5.74) is 0.463. The molecule has 88 valence electrons. The Morgan fingerprint density at radius 1 is 1.38 bits per heavy atom. The molecule has 3 nitrogen and oxygen atoms in total. The molecule has 3 heteroatoms. The maximum atomic E-state index is 11.8. The quantitative estimate of drug-likeness (QED) is 0.574. The van der Waals surface area contributed by atoms with Crippen LogP contribution in [0.1, 0.15) is 39.0 Å². The van der Waals surface area contributed by atoms with E-state index in [0.29, 0.717) is 11.7 Å². The minimum Gasteiger partial charge on any atom is -0.348 e. The third-order valence-corrected chi connectivity index (χ3v) is 2.77. The molecule has 1 saturated carbocycles. The lowest BCUT2D eigenvalue weighted by atomic mass is 9.95. The molecule has 0 radical (unpaired) electrons. The number of hydrogen-bond donors (Lipinski definition) is 1. The summed E-state index contributed by atoms with van der Waals surface area (Å²) in [7, 11) is 0. The van der Waals surface area contributed by atoms with Crippen molar-refractivity contribution < 1.29 is 4.79 Å². The van der Waals surface area contributed by atoms with Gasteiger partial charge in [0.05, 0.1) is 0 Å². The van der Waals surface area contributed by atoms with Crippen molar-refractivity contribution in [1.82, 2.24) is 5.32 Å². The Balaban J connectivity index is 2.48. The van der Waals surface area contributed by atoms with Crippen LogP contribution >= 0.6 is 0 Å². The van der Waals surface area contributed by atoms with Crippen LogP contribution in [-0.2, 0) is 4.79 Å². The second kappa shape index (κ2) is 6.99. The molecule has 0 aromatic carbocycles. The topological polar surface area (TPSA) is 41.5 Å². The first kappa shape index (κ1) is 12.7. The van der Waals surface area contributed by atoms with Gasteiger partial charge in [-0.15, -0.1) is 0 Å². The van der Waals surface area contributed by atoms with Crippen LogP contribution in [0.15, 0.2) is 29.4 Å². The van der Waals surface area contributed by atoms with Crippen molar-refractivity contribution >= 4 is 12.1 Å². The summed E-state index contributed by atoms with van der Waals surface area (Å²) in [6.07, 6.45) is 10.7. The van der Waals surface area contributed by atoms with Crippen molar-refractivity contribution in [3.8, 4) is 0 Å². The molecule has 0 heterocycles. The van der Waals surface area contributed by atoms with E-state index in [0.717, 1.165) is 12.8 Å². The van der Waals surface area contributed by atoms with E-state index in [9.17, 15) is 4.79 Å². The summed E-state index contributed by atoms with van der Waals surface area (Å²) < 4.78 is 0. The molecule has 0 aliphatic heterocycles. The second-order valence-electron chi connectivity index (χ2n) is 4.00. The average molecular weight is 220 g/mol. The van der Waals surface area contributed by atoms with Crippen molar-refractivity contribution in [2.24, 2.45) is 4.99 Å². The number of hydrogen-bond acceptors (Lipinski definition) is 2. The molecule has 0 bridgehead atoms. The number of nitrogens with one attached hydrogen (secondary N) is 1. The van der Waals surface area contributed by atoms with Gasteiger partial charge < -0.3 is 5.32 Å². The number of allylic oxidation sites excluding steroid dienone is 2. The molecule has 1 fully saturated rings. The molecule has 0 spiro atoms. The number of rotatable bonds is 4. The molecule has 0 saturated heterocycles. The fourth-order valence-electron chi connectivity index (χ4n) is 1.90. The van der Waals surface area contributed by atoms with Gasteiger partial charge in [-0.3, -0.25) is 9.79 Å². The third kappa shape index (κ3) is 4.01. The Hall–Kier alpha value is -1.38. The van der Waals surface area contributed by atoms with Gasteiger partial charge in [0.25, 0.3) is 5.91 Å². The number of amides is 1. The predicted molar refractivity (Wildman–Crippen MR) is 67.5 cm³/mol. The highest BCUT2D eigenvalue weighted by Gasteiger charge is 2.16. The molecule has 1 rings (SSSR count). The highest BCUT2D eigenvalue weighted by molar-refractivity contribution is 5.95. The summed E-state index contributed by atoms with van der Waals surface area (Å²) in [5, 5.41) is 3.02. The fourth-order valence-corrected chi connectivity index (χ4v) is 1.90. The molecular weight excluding hydrogens is 200 g/mol. The molecule has 16 heavy (non-hydrogen) atoms. The van der Waals surface area contributed by atoms with E-state index in [1.54, 1.807) is 12.2 Å². The number of aliphatic imine (C=N–C) groups is 1. The van der Waals surface area contributed by atoms with E-state index in [1.807, 2.05) is 6.92 Å². The van der Waals surface area contributed by atoms with Gasteiger partial charge in [0, 0.05) is 12.3 Å². The van der Waals surface area contributed by atoms with Gasteiger partial charge in [0.1, 0.15) is 5.70 Å². The maximum absolute atomic E-state index is 11.8. The predicted octanol–water partition coefficient (Wildman–Crippen LogP) is 2.60. The average Bonchev–Trinajstić information content (AvgIpc) is 2.31. The third-order valence-electron chi connectivity index (χ3n) is 2.77. The standard InChI is InChI=1S/C13H20N2O/c1-3-10-14-12(4-2)13(16)15-11-8-6-5-7-9-11/h3-4,10-11H,1,5-9H2,2H3,(H,15,16)/b12-4-,14-10-. The van der Waals surface area contributed by atoms with E-state index in [2.05, 4.69) is 16.9 Å². The SMILES string of the molecule is C=C/C=N\C(=C/C)C(=O)NC1CCCCC1. The van der Waals surface area contributed by atoms with Gasteiger partial charge in [-0.05, 0) is 19.8 Å². The first-order valence-corrected chi connectivity index (χ1v) is 5.90. The molecule has 1 aliphatic rings. The fraction of sp³-hybridized carbons (Fsp3) is 0.538. The summed E-state index contributed by atoms with van der Waals surface area (Å²) >= 11 is 0. The zero-order valence-corrected chi connectivity index (χ0v) is 9.91. The van der Waals surface area contributed by atoms with Crippen molar-refractivity contribution in [3.63, 3.8) is 0 Å². The van der Waals surface area contributed by atoms with Gasteiger partial charge in [-0.25, -0.2) is 0 Å². The number of nitrogens with zero attached hydrogens (tertiary/aromatic N) is 1. The van der Waals surface area contributed by atoms with Crippen LogP contribution in [0.25, 0.3) is 0 Å². The molecule has 1 aliphatic carbocycles. The Bertz CT molecular complexity index is 299. The normalized spacial score (nSPS) is 18.7. The Morgan fingerprint density at radius 3 is 2.62 bits per heavy atom. The summed E-state index contributed by atoms with van der Waals surface area (Å²) in [6, 6.07) is 0.329. The van der Waals surface area contributed by atoms with Crippen LogP contribution in [-0.4, -0.2) is 18.2 Å². The molecule has 0 unspecified atom stereocenters. The molecule has 0 aromatic rings. The molecule has 1 amide bonds. The number of carbonyl (C=O) groups excluding carboxylic acids is 1. The molecular formula is C13H20N2O. The largest absolute Gasteiger partial charge is 0.348 e. The molecule has 0 aromatic heterocycles. The lowest BCUT2D eigenvalue weighted by molar-refractivity contribution is -0.118. The second-order valence-corrected chi connectivity index (χ2v) is 4.00. The number of carbonyl (C=O) groups is 1. The van der Waals surface area contributed by atoms with Crippen molar-refractivity contribution in [2.45, 2.75) is 45.1 Å². The summed E-state index contributed by atoms with van der Waals surface area (Å²) in [4.78, 5) is 15.9. The van der Waals surface area contributed by atoms with E-state index < -0.39 is 0 Å². The first-order valence-electron chi connectivity index (χ1n) is 5.90. The van der Waals surface area contributed by atoms with Gasteiger partial charge in [0.15, 0.2) is 0 Å². The van der Waals surface area contributed by atoms with Gasteiger partial charge in [-0.1, -0.05) is 38.0 Å². The van der Waals surface area contributed by atoms with Crippen LogP contribution in [0.4, 0.5) is 0 Å². The van der Waals surface area contributed by atoms with Crippen LogP contribution in [0.5, 0.6) is 0 Å². The van der Waals surface area contributed by atoms with E-state index in [4.69, 9.17) is 0 Å². The van der Waals surface area contributed by atoms with Crippen molar-refractivity contribution in [2.75, 3.05) is 0 Å². The van der Waals surface area contributed by atoms with Gasteiger partial charge >= 0.3 is 0 Å². The highest BCUT2D eigenvalue weighted by Crippen LogP contribution is 2.17. The van der Waals surface area contributed by atoms with Crippen LogP contribution in [0.3, 0.4) is 0 Å². The smallest absolute Gasteiger partial charge is 0.269 e. The van der Waals surface area contributed by atoms with Crippen molar-refractivity contribution in [3.05, 3.63) is 24.4 Å².